The van der Waals surface area contributed by atoms with Crippen molar-refractivity contribution in [1.82, 2.24) is 0 Å². The Morgan fingerprint density at radius 1 is 1.11 bits per heavy atom. The maximum atomic E-state index is 6.00. The maximum absolute atomic E-state index is 6.00. The van der Waals surface area contributed by atoms with E-state index in [1.54, 1.807) is 0 Å². The summed E-state index contributed by atoms with van der Waals surface area (Å²) in [5, 5.41) is 0. The second-order valence-corrected chi connectivity index (χ2v) is 5.71. The molecular weight excluding hydrogens is 239 g/mol. The minimum Gasteiger partial charge on any atom is -0.399 e. The molecule has 0 aliphatic carbocycles. The predicted molar refractivity (Wildman–Crippen MR) is 74.8 cm³/mol. The normalized spacial score (nSPS) is 20.4. The standard InChI is InChI=1S/C14H16BO2Si/c1-13(2)14(3,4)17-15(16-13)12-7-5-6-11(10-12)8-9-18/h5-7,10H,1-4H3. The van der Waals surface area contributed by atoms with Gasteiger partial charge in [-0.3, -0.25) is 0 Å². The van der Waals surface area contributed by atoms with Gasteiger partial charge in [0.1, 0.15) is 10.2 Å². The van der Waals surface area contributed by atoms with E-state index < -0.39 is 0 Å². The van der Waals surface area contributed by atoms with Gasteiger partial charge >= 0.3 is 7.12 Å². The van der Waals surface area contributed by atoms with E-state index in [0.29, 0.717) is 0 Å². The molecule has 1 aromatic rings. The van der Waals surface area contributed by atoms with Gasteiger partial charge in [0.2, 0.25) is 0 Å². The Balaban J connectivity index is 2.28. The van der Waals surface area contributed by atoms with Crippen molar-refractivity contribution < 1.29 is 9.31 Å². The molecule has 3 radical (unpaired) electrons. The smallest absolute Gasteiger partial charge is 0.399 e. The molecule has 0 unspecified atom stereocenters. The van der Waals surface area contributed by atoms with Crippen molar-refractivity contribution in [2.24, 2.45) is 0 Å². The summed E-state index contributed by atoms with van der Waals surface area (Å²) in [5.41, 5.74) is 4.03. The minimum atomic E-state index is -0.327. The molecule has 2 rings (SSSR count). The van der Waals surface area contributed by atoms with Gasteiger partial charge in [-0.2, -0.15) is 0 Å². The van der Waals surface area contributed by atoms with Gasteiger partial charge in [-0.1, -0.05) is 18.1 Å². The zero-order valence-electron chi connectivity index (χ0n) is 11.2. The van der Waals surface area contributed by atoms with Crippen LogP contribution in [0.25, 0.3) is 0 Å². The molecule has 4 heteroatoms. The monoisotopic (exact) mass is 255 g/mol. The molecule has 1 fully saturated rings. The first-order chi connectivity index (χ1) is 8.36. The quantitative estimate of drug-likeness (QED) is 0.559. The fourth-order valence-electron chi connectivity index (χ4n) is 1.81. The summed E-state index contributed by atoms with van der Waals surface area (Å²) in [6.45, 7) is 8.20. The molecule has 1 saturated heterocycles. The largest absolute Gasteiger partial charge is 0.494 e. The van der Waals surface area contributed by atoms with Gasteiger partial charge in [0, 0.05) is 5.56 Å². The summed E-state index contributed by atoms with van der Waals surface area (Å²) in [7, 11) is 2.83. The summed E-state index contributed by atoms with van der Waals surface area (Å²) in [6.07, 6.45) is 0. The fraction of sp³-hybridized carbons (Fsp3) is 0.429. The van der Waals surface area contributed by atoms with Gasteiger partial charge < -0.3 is 9.31 Å². The van der Waals surface area contributed by atoms with Crippen LogP contribution in [0.4, 0.5) is 0 Å². The lowest BCUT2D eigenvalue weighted by molar-refractivity contribution is 0.00578. The molecule has 0 aromatic heterocycles. The van der Waals surface area contributed by atoms with Crippen molar-refractivity contribution in [3.8, 4) is 11.5 Å². The first-order valence-corrected chi connectivity index (χ1v) is 6.49. The van der Waals surface area contributed by atoms with Gasteiger partial charge in [0.15, 0.2) is 0 Å². The van der Waals surface area contributed by atoms with E-state index in [1.165, 1.54) is 0 Å². The lowest BCUT2D eigenvalue weighted by atomic mass is 9.78. The van der Waals surface area contributed by atoms with Crippen LogP contribution in [0.3, 0.4) is 0 Å². The maximum Gasteiger partial charge on any atom is 0.494 e. The third kappa shape index (κ3) is 2.39. The third-order valence-corrected chi connectivity index (χ3v) is 3.74. The van der Waals surface area contributed by atoms with Gasteiger partial charge in [0.25, 0.3) is 0 Å². The van der Waals surface area contributed by atoms with E-state index in [0.717, 1.165) is 11.0 Å². The fourth-order valence-corrected chi connectivity index (χ4v) is 1.96. The van der Waals surface area contributed by atoms with Crippen LogP contribution in [0, 0.1) is 11.5 Å². The van der Waals surface area contributed by atoms with Crippen molar-refractivity contribution in [3.63, 3.8) is 0 Å². The summed E-state index contributed by atoms with van der Waals surface area (Å²) < 4.78 is 12.0. The molecule has 1 heterocycles. The molecule has 91 valence electrons. The second-order valence-electron chi connectivity index (χ2n) is 5.46. The number of rotatable bonds is 1. The Morgan fingerprint density at radius 3 is 2.28 bits per heavy atom. The second kappa shape index (κ2) is 4.58. The highest BCUT2D eigenvalue weighted by Crippen LogP contribution is 2.36. The summed E-state index contributed by atoms with van der Waals surface area (Å²) in [6, 6.07) is 7.92. The molecule has 0 amide bonds. The Kier molecular flexibility index (Phi) is 3.41. The topological polar surface area (TPSA) is 18.5 Å². The van der Waals surface area contributed by atoms with E-state index in [-0.39, 0.29) is 18.3 Å². The van der Waals surface area contributed by atoms with Crippen LogP contribution in [0.5, 0.6) is 0 Å². The van der Waals surface area contributed by atoms with E-state index in [1.807, 2.05) is 24.3 Å². The van der Waals surface area contributed by atoms with Crippen molar-refractivity contribution in [3.05, 3.63) is 29.8 Å². The van der Waals surface area contributed by atoms with Crippen LogP contribution < -0.4 is 5.46 Å². The minimum absolute atomic E-state index is 0.311. The molecule has 1 aliphatic heterocycles. The lowest BCUT2D eigenvalue weighted by Gasteiger charge is -2.32. The van der Waals surface area contributed by atoms with Crippen LogP contribution in [0.1, 0.15) is 33.3 Å². The molecule has 0 saturated carbocycles. The number of benzene rings is 1. The Hall–Kier alpha value is -1.02. The van der Waals surface area contributed by atoms with Crippen LogP contribution in [0.2, 0.25) is 0 Å². The molecule has 18 heavy (non-hydrogen) atoms. The van der Waals surface area contributed by atoms with Crippen molar-refractivity contribution in [1.29, 1.82) is 0 Å². The van der Waals surface area contributed by atoms with E-state index >= 15 is 0 Å². The molecule has 0 bridgehead atoms. The highest BCUT2D eigenvalue weighted by Gasteiger charge is 2.51. The average molecular weight is 255 g/mol. The van der Waals surface area contributed by atoms with Crippen LogP contribution >= 0.6 is 0 Å². The van der Waals surface area contributed by atoms with Crippen LogP contribution in [-0.2, 0) is 9.31 Å². The molecule has 0 N–H and O–H groups in total. The summed E-state index contributed by atoms with van der Waals surface area (Å²) in [4.78, 5) is 0. The first-order valence-electron chi connectivity index (χ1n) is 5.99. The van der Waals surface area contributed by atoms with Crippen LogP contribution in [0.15, 0.2) is 24.3 Å². The van der Waals surface area contributed by atoms with Gasteiger partial charge in [-0.05, 0) is 45.3 Å². The lowest BCUT2D eigenvalue weighted by Crippen LogP contribution is -2.41. The van der Waals surface area contributed by atoms with Gasteiger partial charge in [0.05, 0.1) is 11.2 Å². The highest BCUT2D eigenvalue weighted by molar-refractivity contribution is 6.62. The number of hydrogen-bond donors (Lipinski definition) is 0. The van der Waals surface area contributed by atoms with Gasteiger partial charge in [-0.15, -0.1) is 5.54 Å². The van der Waals surface area contributed by atoms with Crippen molar-refractivity contribution in [2.75, 3.05) is 0 Å². The summed E-state index contributed by atoms with van der Waals surface area (Å²) >= 11 is 0. The van der Waals surface area contributed by atoms with Gasteiger partial charge in [-0.25, -0.2) is 0 Å². The Bertz CT molecular complexity index is 498. The van der Waals surface area contributed by atoms with Crippen LogP contribution in [-0.4, -0.2) is 28.6 Å². The number of hydrogen-bond acceptors (Lipinski definition) is 2. The highest BCUT2D eigenvalue weighted by atomic mass is 28.1. The van der Waals surface area contributed by atoms with Crippen molar-refractivity contribution >= 4 is 22.8 Å². The third-order valence-electron chi connectivity index (χ3n) is 3.62. The van der Waals surface area contributed by atoms with E-state index in [2.05, 4.69) is 49.4 Å². The Morgan fingerprint density at radius 2 is 1.72 bits per heavy atom. The SMILES string of the molecule is CC1(C)OB(c2cccc(C#C[Si])c2)OC1(C)C. The molecule has 1 aromatic carbocycles. The average Bonchev–Trinajstić information content (AvgIpc) is 2.49. The first kappa shape index (κ1) is 13.4. The summed E-state index contributed by atoms with van der Waals surface area (Å²) in [5.74, 6) is 2.97. The molecule has 0 spiro atoms. The van der Waals surface area contributed by atoms with E-state index in [9.17, 15) is 0 Å². The molecule has 0 atom stereocenters. The van der Waals surface area contributed by atoms with E-state index in [4.69, 9.17) is 9.31 Å². The molecule has 1 aliphatic rings. The molecule has 2 nitrogen and oxygen atoms in total. The molecular formula is C14H16BO2Si. The Labute approximate surface area is 113 Å². The predicted octanol–water partition coefficient (Wildman–Crippen LogP) is 1.46. The zero-order chi connectivity index (χ0) is 13.4. The zero-order valence-corrected chi connectivity index (χ0v) is 12.2. The van der Waals surface area contributed by atoms with Crippen molar-refractivity contribution in [2.45, 2.75) is 38.9 Å².